The third kappa shape index (κ3) is 1.95. The summed E-state index contributed by atoms with van der Waals surface area (Å²) >= 11 is 0. The lowest BCUT2D eigenvalue weighted by Gasteiger charge is -2.30. The van der Waals surface area contributed by atoms with Crippen molar-refractivity contribution >= 4 is 0 Å². The average Bonchev–Trinajstić information content (AvgIpc) is 2.67. The first-order valence-corrected chi connectivity index (χ1v) is 6.52. The lowest BCUT2D eigenvalue weighted by molar-refractivity contribution is 0.340. The van der Waals surface area contributed by atoms with Crippen molar-refractivity contribution in [2.24, 2.45) is 5.73 Å². The van der Waals surface area contributed by atoms with E-state index in [1.165, 1.54) is 11.1 Å². The number of nitrogens with one attached hydrogen (secondary N) is 1. The molecule has 1 aliphatic rings. The van der Waals surface area contributed by atoms with Crippen molar-refractivity contribution < 1.29 is 0 Å². The normalized spacial score (nSPS) is 22.8. The summed E-state index contributed by atoms with van der Waals surface area (Å²) < 4.78 is 0. The second kappa shape index (κ2) is 4.25. The summed E-state index contributed by atoms with van der Waals surface area (Å²) in [6.07, 6.45) is 2.11. The molecule has 0 radical (unpaired) electrons. The molecule has 3 nitrogen and oxygen atoms in total. The van der Waals surface area contributed by atoms with Crippen LogP contribution in [0.1, 0.15) is 35.8 Å². The Hall–Kier alpha value is -1.61. The van der Waals surface area contributed by atoms with Crippen molar-refractivity contribution in [3.8, 4) is 11.3 Å². The highest BCUT2D eigenvalue weighted by Crippen LogP contribution is 2.35. The second-order valence-electron chi connectivity index (χ2n) is 5.39. The number of H-pyrrole nitrogens is 1. The van der Waals surface area contributed by atoms with Gasteiger partial charge in [0.05, 0.1) is 5.69 Å². The Bertz CT molecular complexity index is 565. The number of aryl methyl sites for hydroxylation is 2. The first kappa shape index (κ1) is 11.5. The van der Waals surface area contributed by atoms with E-state index in [2.05, 4.69) is 43.1 Å². The molecule has 18 heavy (non-hydrogen) atoms. The molecule has 3 rings (SSSR count). The van der Waals surface area contributed by atoms with Crippen LogP contribution >= 0.6 is 0 Å². The van der Waals surface area contributed by atoms with Crippen LogP contribution in [0.15, 0.2) is 24.3 Å². The van der Waals surface area contributed by atoms with Crippen molar-refractivity contribution in [3.63, 3.8) is 0 Å². The highest BCUT2D eigenvalue weighted by Gasteiger charge is 2.30. The zero-order valence-electron chi connectivity index (χ0n) is 10.9. The van der Waals surface area contributed by atoms with Crippen molar-refractivity contribution in [1.29, 1.82) is 0 Å². The SMILES string of the molecule is Cc1cccc(-c2nc(C3CC(N)C3)[nH]c2C)c1. The maximum atomic E-state index is 5.84. The first-order chi connectivity index (χ1) is 8.63. The monoisotopic (exact) mass is 241 g/mol. The van der Waals surface area contributed by atoms with E-state index in [1.54, 1.807) is 0 Å². The number of nitrogens with zero attached hydrogens (tertiary/aromatic N) is 1. The maximum absolute atomic E-state index is 5.84. The number of imidazole rings is 1. The Kier molecular flexibility index (Phi) is 2.71. The quantitative estimate of drug-likeness (QED) is 0.849. The molecule has 0 saturated heterocycles. The first-order valence-electron chi connectivity index (χ1n) is 6.52. The van der Waals surface area contributed by atoms with Gasteiger partial charge >= 0.3 is 0 Å². The summed E-state index contributed by atoms with van der Waals surface area (Å²) in [6.45, 7) is 4.20. The largest absolute Gasteiger partial charge is 0.345 e. The van der Waals surface area contributed by atoms with Gasteiger partial charge in [-0.2, -0.15) is 0 Å². The van der Waals surface area contributed by atoms with Crippen molar-refractivity contribution in [1.82, 2.24) is 9.97 Å². The van der Waals surface area contributed by atoms with Crippen molar-refractivity contribution in [3.05, 3.63) is 41.3 Å². The molecule has 3 N–H and O–H groups in total. The van der Waals surface area contributed by atoms with Gasteiger partial charge in [0.15, 0.2) is 0 Å². The predicted octanol–water partition coefficient (Wildman–Crippen LogP) is 2.90. The summed E-state index contributed by atoms with van der Waals surface area (Å²) in [5.74, 6) is 1.63. The van der Waals surface area contributed by atoms with Gasteiger partial charge in [0.1, 0.15) is 5.82 Å². The van der Waals surface area contributed by atoms with Crippen molar-refractivity contribution in [2.75, 3.05) is 0 Å². The molecule has 1 heterocycles. The Morgan fingerprint density at radius 2 is 2.06 bits per heavy atom. The van der Waals surface area contributed by atoms with Gasteiger partial charge < -0.3 is 10.7 Å². The molecule has 0 atom stereocenters. The van der Waals surface area contributed by atoms with Crippen LogP contribution in [-0.2, 0) is 0 Å². The molecule has 1 fully saturated rings. The minimum Gasteiger partial charge on any atom is -0.345 e. The molecule has 0 unspecified atom stereocenters. The summed E-state index contributed by atoms with van der Waals surface area (Å²) in [7, 11) is 0. The van der Waals surface area contributed by atoms with E-state index in [4.69, 9.17) is 10.7 Å². The standard InChI is InChI=1S/C15H19N3/c1-9-4-3-5-11(6-9)14-10(2)17-15(18-14)12-7-13(16)8-12/h3-6,12-13H,7-8,16H2,1-2H3,(H,17,18). The minimum atomic E-state index is 0.364. The summed E-state index contributed by atoms with van der Waals surface area (Å²) in [5, 5.41) is 0. The van der Waals surface area contributed by atoms with Crippen LogP contribution in [-0.4, -0.2) is 16.0 Å². The second-order valence-corrected chi connectivity index (χ2v) is 5.39. The van der Waals surface area contributed by atoms with E-state index in [0.29, 0.717) is 12.0 Å². The average molecular weight is 241 g/mol. The number of benzene rings is 1. The van der Waals surface area contributed by atoms with E-state index < -0.39 is 0 Å². The molecular formula is C15H19N3. The Morgan fingerprint density at radius 1 is 1.28 bits per heavy atom. The summed E-state index contributed by atoms with van der Waals surface area (Å²) in [5.41, 5.74) is 10.5. The minimum absolute atomic E-state index is 0.364. The van der Waals surface area contributed by atoms with Gasteiger partial charge in [-0.25, -0.2) is 4.98 Å². The molecule has 0 bridgehead atoms. The fourth-order valence-electron chi connectivity index (χ4n) is 2.64. The molecule has 0 aliphatic heterocycles. The molecule has 0 amide bonds. The van der Waals surface area contributed by atoms with Crippen molar-refractivity contribution in [2.45, 2.75) is 38.6 Å². The third-order valence-corrected chi connectivity index (χ3v) is 3.76. The van der Waals surface area contributed by atoms with Gasteiger partial charge in [0.25, 0.3) is 0 Å². The molecule has 1 saturated carbocycles. The van der Waals surface area contributed by atoms with Gasteiger partial charge in [0, 0.05) is 23.2 Å². The summed E-state index contributed by atoms with van der Waals surface area (Å²) in [6, 6.07) is 8.85. The van der Waals surface area contributed by atoms with E-state index in [-0.39, 0.29) is 0 Å². The van der Waals surface area contributed by atoms with E-state index >= 15 is 0 Å². The zero-order chi connectivity index (χ0) is 12.7. The Morgan fingerprint density at radius 3 is 2.72 bits per heavy atom. The number of hydrogen-bond acceptors (Lipinski definition) is 2. The van der Waals surface area contributed by atoms with Crippen LogP contribution < -0.4 is 5.73 Å². The topological polar surface area (TPSA) is 54.7 Å². The molecule has 1 aromatic carbocycles. The number of aromatic amines is 1. The molecule has 94 valence electrons. The predicted molar refractivity (Wildman–Crippen MR) is 73.4 cm³/mol. The highest BCUT2D eigenvalue weighted by atomic mass is 15.0. The zero-order valence-corrected chi connectivity index (χ0v) is 10.9. The van der Waals surface area contributed by atoms with E-state index in [1.807, 2.05) is 0 Å². The lowest BCUT2D eigenvalue weighted by atomic mass is 9.80. The van der Waals surface area contributed by atoms with E-state index in [0.717, 1.165) is 30.1 Å². The highest BCUT2D eigenvalue weighted by molar-refractivity contribution is 5.62. The Balaban J connectivity index is 1.93. The van der Waals surface area contributed by atoms with Crippen LogP contribution in [0.25, 0.3) is 11.3 Å². The lowest BCUT2D eigenvalue weighted by Crippen LogP contribution is -2.35. The van der Waals surface area contributed by atoms with Gasteiger partial charge in [-0.15, -0.1) is 0 Å². The van der Waals surface area contributed by atoms with Gasteiger partial charge in [-0.05, 0) is 32.8 Å². The molecule has 1 aliphatic carbocycles. The fourth-order valence-corrected chi connectivity index (χ4v) is 2.64. The van der Waals surface area contributed by atoms with Gasteiger partial charge in [0.2, 0.25) is 0 Å². The molecule has 3 heteroatoms. The van der Waals surface area contributed by atoms with Crippen LogP contribution in [0.3, 0.4) is 0 Å². The van der Waals surface area contributed by atoms with E-state index in [9.17, 15) is 0 Å². The smallest absolute Gasteiger partial charge is 0.110 e. The van der Waals surface area contributed by atoms with Crippen LogP contribution in [0, 0.1) is 13.8 Å². The number of nitrogens with two attached hydrogens (primary N) is 1. The molecule has 1 aromatic heterocycles. The summed E-state index contributed by atoms with van der Waals surface area (Å²) in [4.78, 5) is 8.18. The fraction of sp³-hybridized carbons (Fsp3) is 0.400. The van der Waals surface area contributed by atoms with Crippen LogP contribution in [0.4, 0.5) is 0 Å². The molecular weight excluding hydrogens is 222 g/mol. The molecule has 0 spiro atoms. The number of hydrogen-bond donors (Lipinski definition) is 2. The maximum Gasteiger partial charge on any atom is 0.110 e. The number of aromatic nitrogens is 2. The Labute approximate surface area is 107 Å². The van der Waals surface area contributed by atoms with Crippen LogP contribution in [0.5, 0.6) is 0 Å². The number of rotatable bonds is 2. The third-order valence-electron chi connectivity index (χ3n) is 3.76. The van der Waals surface area contributed by atoms with Gasteiger partial charge in [-0.3, -0.25) is 0 Å². The van der Waals surface area contributed by atoms with Crippen LogP contribution in [0.2, 0.25) is 0 Å². The van der Waals surface area contributed by atoms with Gasteiger partial charge in [-0.1, -0.05) is 23.8 Å². The molecule has 2 aromatic rings.